The summed E-state index contributed by atoms with van der Waals surface area (Å²) < 4.78 is 0. The molecule has 2 heteroatoms. The molecule has 0 atom stereocenters. The molecule has 12 heavy (non-hydrogen) atoms. The molecule has 0 saturated carbocycles. The average Bonchev–Trinajstić information content (AvgIpc) is 2.08. The Labute approximate surface area is 72.1 Å². The summed E-state index contributed by atoms with van der Waals surface area (Å²) in [4.78, 5) is 6.68. The van der Waals surface area contributed by atoms with Crippen LogP contribution in [0.3, 0.4) is 0 Å². The van der Waals surface area contributed by atoms with Gasteiger partial charge in [0.1, 0.15) is 0 Å². The lowest BCUT2D eigenvalue weighted by molar-refractivity contribution is 1.42. The third-order valence-electron chi connectivity index (χ3n) is 1.78. The van der Waals surface area contributed by atoms with Crippen LogP contribution >= 0.6 is 0 Å². The van der Waals surface area contributed by atoms with Crippen LogP contribution in [-0.4, -0.2) is 0 Å². The standard InChI is InChI=1S/C10H8N2/c1-7-5-6-8(2)10(12-4)9(7)11-3/h5-6H,1-2H3. The minimum Gasteiger partial charge on any atom is -0.250 e. The van der Waals surface area contributed by atoms with Crippen molar-refractivity contribution in [3.63, 3.8) is 0 Å². The zero-order chi connectivity index (χ0) is 9.14. The smallest absolute Gasteiger partial charge is 0.197 e. The molecule has 0 spiro atoms. The number of hydrogen-bond acceptors (Lipinski definition) is 0. The van der Waals surface area contributed by atoms with Crippen molar-refractivity contribution >= 4 is 11.4 Å². The quantitative estimate of drug-likeness (QED) is 0.509. The minimum atomic E-state index is 0.491. The van der Waals surface area contributed by atoms with E-state index in [9.17, 15) is 0 Å². The molecule has 0 amide bonds. The Bertz CT molecular complexity index is 353. The van der Waals surface area contributed by atoms with E-state index in [2.05, 4.69) is 9.69 Å². The number of benzene rings is 1. The van der Waals surface area contributed by atoms with Crippen LogP contribution in [0, 0.1) is 27.0 Å². The lowest BCUT2D eigenvalue weighted by Crippen LogP contribution is -1.76. The second-order valence-corrected chi connectivity index (χ2v) is 2.62. The van der Waals surface area contributed by atoms with Gasteiger partial charge in [-0.3, -0.25) is 0 Å². The zero-order valence-electron chi connectivity index (χ0n) is 7.05. The van der Waals surface area contributed by atoms with Crippen molar-refractivity contribution in [2.24, 2.45) is 0 Å². The van der Waals surface area contributed by atoms with Crippen LogP contribution in [0.5, 0.6) is 0 Å². The molecule has 1 aromatic rings. The van der Waals surface area contributed by atoms with Crippen LogP contribution in [0.2, 0.25) is 0 Å². The minimum absolute atomic E-state index is 0.491. The second-order valence-electron chi connectivity index (χ2n) is 2.62. The highest BCUT2D eigenvalue weighted by molar-refractivity contribution is 5.76. The average molecular weight is 156 g/mol. The van der Waals surface area contributed by atoms with Crippen LogP contribution < -0.4 is 0 Å². The summed E-state index contributed by atoms with van der Waals surface area (Å²) in [5.74, 6) is 0. The Morgan fingerprint density at radius 3 is 1.50 bits per heavy atom. The van der Waals surface area contributed by atoms with E-state index in [1.54, 1.807) is 0 Å². The van der Waals surface area contributed by atoms with Crippen molar-refractivity contribution in [3.05, 3.63) is 46.1 Å². The first-order valence-corrected chi connectivity index (χ1v) is 3.56. The van der Waals surface area contributed by atoms with Crippen LogP contribution in [0.15, 0.2) is 12.1 Å². The van der Waals surface area contributed by atoms with Gasteiger partial charge < -0.3 is 0 Å². The van der Waals surface area contributed by atoms with Gasteiger partial charge in [-0.2, -0.15) is 0 Å². The van der Waals surface area contributed by atoms with E-state index < -0.39 is 0 Å². The fourth-order valence-electron chi connectivity index (χ4n) is 1.06. The maximum absolute atomic E-state index is 6.91. The van der Waals surface area contributed by atoms with E-state index >= 15 is 0 Å². The molecule has 58 valence electrons. The Morgan fingerprint density at radius 2 is 1.25 bits per heavy atom. The fourth-order valence-corrected chi connectivity index (χ4v) is 1.06. The van der Waals surface area contributed by atoms with E-state index in [1.807, 2.05) is 26.0 Å². The van der Waals surface area contributed by atoms with Crippen LogP contribution in [0.1, 0.15) is 11.1 Å². The monoisotopic (exact) mass is 156 g/mol. The number of hydrogen-bond donors (Lipinski definition) is 0. The molecular weight excluding hydrogens is 148 g/mol. The number of nitrogens with zero attached hydrogens (tertiary/aromatic N) is 2. The second kappa shape index (κ2) is 3.07. The van der Waals surface area contributed by atoms with Crippen molar-refractivity contribution < 1.29 is 0 Å². The molecule has 0 fully saturated rings. The van der Waals surface area contributed by atoms with Crippen molar-refractivity contribution in [1.82, 2.24) is 0 Å². The highest BCUT2D eigenvalue weighted by atomic mass is 14.8. The maximum atomic E-state index is 6.91. The largest absolute Gasteiger partial charge is 0.250 e. The molecule has 0 aromatic heterocycles. The molecule has 0 aliphatic heterocycles. The molecule has 0 N–H and O–H groups in total. The van der Waals surface area contributed by atoms with Crippen LogP contribution in [0.25, 0.3) is 9.69 Å². The lowest BCUT2D eigenvalue weighted by atomic mass is 10.1. The molecule has 0 saturated heterocycles. The topological polar surface area (TPSA) is 8.72 Å². The Hall–Kier alpha value is -1.80. The van der Waals surface area contributed by atoms with Crippen LogP contribution in [-0.2, 0) is 0 Å². The molecule has 1 rings (SSSR count). The molecule has 0 radical (unpaired) electrons. The number of rotatable bonds is 0. The summed E-state index contributed by atoms with van der Waals surface area (Å²) in [5.41, 5.74) is 2.73. The first-order valence-electron chi connectivity index (χ1n) is 3.56. The van der Waals surface area contributed by atoms with Gasteiger partial charge >= 0.3 is 0 Å². The SMILES string of the molecule is [C-]#[N+]c1c(C)ccc(C)c1[N+]#[C-]. The summed E-state index contributed by atoms with van der Waals surface area (Å²) >= 11 is 0. The van der Waals surface area contributed by atoms with Crippen molar-refractivity contribution in [2.45, 2.75) is 13.8 Å². The highest BCUT2D eigenvalue weighted by Gasteiger charge is 2.07. The summed E-state index contributed by atoms with van der Waals surface area (Å²) in [5, 5.41) is 0. The van der Waals surface area contributed by atoms with Crippen LogP contribution in [0.4, 0.5) is 11.4 Å². The van der Waals surface area contributed by atoms with Gasteiger partial charge in [0.2, 0.25) is 0 Å². The highest BCUT2D eigenvalue weighted by Crippen LogP contribution is 2.34. The predicted octanol–water partition coefficient (Wildman–Crippen LogP) is 3.41. The van der Waals surface area contributed by atoms with Gasteiger partial charge in [-0.1, -0.05) is 37.1 Å². The summed E-state index contributed by atoms with van der Waals surface area (Å²) in [6, 6.07) is 3.74. The van der Waals surface area contributed by atoms with E-state index in [4.69, 9.17) is 13.1 Å². The molecule has 0 aliphatic carbocycles. The summed E-state index contributed by atoms with van der Waals surface area (Å²) in [6.45, 7) is 17.5. The van der Waals surface area contributed by atoms with Gasteiger partial charge in [0.15, 0.2) is 11.4 Å². The van der Waals surface area contributed by atoms with Gasteiger partial charge in [0.05, 0.1) is 13.1 Å². The van der Waals surface area contributed by atoms with Crippen molar-refractivity contribution in [2.75, 3.05) is 0 Å². The molecule has 0 heterocycles. The van der Waals surface area contributed by atoms with E-state index in [1.165, 1.54) is 0 Å². The maximum Gasteiger partial charge on any atom is 0.197 e. The van der Waals surface area contributed by atoms with Crippen molar-refractivity contribution in [1.29, 1.82) is 0 Å². The zero-order valence-corrected chi connectivity index (χ0v) is 7.05. The molecule has 0 bridgehead atoms. The van der Waals surface area contributed by atoms with Gasteiger partial charge in [-0.05, 0) is 0 Å². The van der Waals surface area contributed by atoms with E-state index in [0.717, 1.165) is 11.1 Å². The molecule has 1 aromatic carbocycles. The molecular formula is C10H8N2. The van der Waals surface area contributed by atoms with Gasteiger partial charge in [0.25, 0.3) is 0 Å². The van der Waals surface area contributed by atoms with Gasteiger partial charge in [-0.25, -0.2) is 9.69 Å². The normalized spacial score (nSPS) is 8.67. The first-order chi connectivity index (χ1) is 5.70. The third kappa shape index (κ3) is 1.15. The Kier molecular flexibility index (Phi) is 2.12. The Morgan fingerprint density at radius 1 is 0.917 bits per heavy atom. The van der Waals surface area contributed by atoms with Gasteiger partial charge in [0, 0.05) is 0 Å². The molecule has 0 unspecified atom stereocenters. The van der Waals surface area contributed by atoms with Crippen molar-refractivity contribution in [3.8, 4) is 0 Å². The predicted molar refractivity (Wildman–Crippen MR) is 48.4 cm³/mol. The fraction of sp³-hybridized carbons (Fsp3) is 0.200. The van der Waals surface area contributed by atoms with E-state index in [-0.39, 0.29) is 0 Å². The number of aryl methyl sites for hydroxylation is 2. The molecule has 2 nitrogen and oxygen atoms in total. The molecule has 0 aliphatic rings. The lowest BCUT2D eigenvalue weighted by Gasteiger charge is -2.01. The first kappa shape index (κ1) is 8.30. The Balaban J connectivity index is 3.55. The summed E-state index contributed by atoms with van der Waals surface area (Å²) in [7, 11) is 0. The third-order valence-corrected chi connectivity index (χ3v) is 1.78. The van der Waals surface area contributed by atoms with Gasteiger partial charge in [-0.15, -0.1) is 0 Å². The summed E-state index contributed by atoms with van der Waals surface area (Å²) in [6.07, 6.45) is 0. The van der Waals surface area contributed by atoms with E-state index in [0.29, 0.717) is 11.4 Å².